The van der Waals surface area contributed by atoms with Crippen molar-refractivity contribution in [2.75, 3.05) is 20.2 Å². The van der Waals surface area contributed by atoms with Crippen LogP contribution in [0.25, 0.3) is 11.1 Å². The number of carboxylic acid groups (broad SMARTS) is 1. The number of fused-ring (bicyclic) bond motifs is 3. The second kappa shape index (κ2) is 9.25. The van der Waals surface area contributed by atoms with Gasteiger partial charge in [0.2, 0.25) is 5.91 Å². The van der Waals surface area contributed by atoms with E-state index in [0.29, 0.717) is 19.4 Å². The number of carboxylic acids is 1. The molecule has 1 fully saturated rings. The van der Waals surface area contributed by atoms with E-state index in [1.807, 2.05) is 38.1 Å². The second-order valence-corrected chi connectivity index (χ2v) is 9.13. The molecule has 2 atom stereocenters. The van der Waals surface area contributed by atoms with Crippen LogP contribution in [0.15, 0.2) is 48.5 Å². The molecule has 1 N–H and O–H groups in total. The molecule has 0 aromatic heterocycles. The fourth-order valence-corrected chi connectivity index (χ4v) is 5.16. The number of ether oxygens (including phenoxy) is 1. The van der Waals surface area contributed by atoms with Crippen LogP contribution in [0.1, 0.15) is 43.7 Å². The molecule has 7 nitrogen and oxygen atoms in total. The third-order valence-corrected chi connectivity index (χ3v) is 6.75. The standard InChI is InChI=1S/C26H30N2O5/c1-16(2)23(24(29)28-14-8-13-22(28)25(30)31)27(3)26(32)33-15-21-19-11-6-4-9-17(19)18-10-5-7-12-20(18)21/h4-7,9-12,16,21-23H,8,13-15H2,1-3H3,(H,30,31)/t22-,23-/m0/s1. The van der Waals surface area contributed by atoms with Gasteiger partial charge in [0.15, 0.2) is 0 Å². The molecular formula is C26H30N2O5. The maximum Gasteiger partial charge on any atom is 0.410 e. The molecule has 2 amide bonds. The topological polar surface area (TPSA) is 87.2 Å². The molecule has 2 aliphatic rings. The van der Waals surface area contributed by atoms with Gasteiger partial charge in [0, 0.05) is 19.5 Å². The molecular weight excluding hydrogens is 420 g/mol. The lowest BCUT2D eigenvalue weighted by molar-refractivity contribution is -0.150. The zero-order chi connectivity index (χ0) is 23.7. The van der Waals surface area contributed by atoms with Crippen molar-refractivity contribution in [1.29, 1.82) is 0 Å². The molecule has 33 heavy (non-hydrogen) atoms. The first kappa shape index (κ1) is 22.8. The molecule has 0 saturated carbocycles. The van der Waals surface area contributed by atoms with E-state index in [2.05, 4.69) is 24.3 Å². The van der Waals surface area contributed by atoms with Crippen LogP contribution in [0.2, 0.25) is 0 Å². The molecule has 2 aromatic rings. The molecule has 7 heteroatoms. The van der Waals surface area contributed by atoms with Crippen molar-refractivity contribution in [2.45, 2.75) is 44.7 Å². The van der Waals surface area contributed by atoms with Gasteiger partial charge in [-0.3, -0.25) is 9.69 Å². The van der Waals surface area contributed by atoms with E-state index in [9.17, 15) is 19.5 Å². The van der Waals surface area contributed by atoms with Crippen LogP contribution < -0.4 is 0 Å². The fraction of sp³-hybridized carbons (Fsp3) is 0.423. The minimum absolute atomic E-state index is 0.0714. The van der Waals surface area contributed by atoms with E-state index in [1.165, 1.54) is 9.80 Å². The van der Waals surface area contributed by atoms with Gasteiger partial charge in [-0.1, -0.05) is 62.4 Å². The highest BCUT2D eigenvalue weighted by atomic mass is 16.6. The molecule has 0 radical (unpaired) electrons. The van der Waals surface area contributed by atoms with E-state index in [0.717, 1.165) is 22.3 Å². The number of aliphatic carboxylic acids is 1. The average molecular weight is 451 g/mol. The molecule has 0 unspecified atom stereocenters. The SMILES string of the molecule is CC(C)[C@@H](C(=O)N1CCC[C@H]1C(=O)O)N(C)C(=O)OCC1c2ccccc2-c2ccccc21. The molecule has 1 saturated heterocycles. The fourth-order valence-electron chi connectivity index (χ4n) is 5.16. The van der Waals surface area contributed by atoms with Gasteiger partial charge in [-0.05, 0) is 41.0 Å². The number of rotatable bonds is 6. The highest BCUT2D eigenvalue weighted by Gasteiger charge is 2.41. The van der Waals surface area contributed by atoms with Crippen LogP contribution in [0, 0.1) is 5.92 Å². The van der Waals surface area contributed by atoms with Gasteiger partial charge in [0.05, 0.1) is 0 Å². The summed E-state index contributed by atoms with van der Waals surface area (Å²) >= 11 is 0. The van der Waals surface area contributed by atoms with Crippen molar-refractivity contribution in [3.63, 3.8) is 0 Å². The van der Waals surface area contributed by atoms with Gasteiger partial charge in [0.25, 0.3) is 0 Å². The Labute approximate surface area is 193 Å². The van der Waals surface area contributed by atoms with Crippen molar-refractivity contribution < 1.29 is 24.2 Å². The molecule has 0 bridgehead atoms. The van der Waals surface area contributed by atoms with E-state index >= 15 is 0 Å². The molecule has 1 heterocycles. The average Bonchev–Trinajstić information content (AvgIpc) is 3.41. The summed E-state index contributed by atoms with van der Waals surface area (Å²) in [6.07, 6.45) is 0.484. The lowest BCUT2D eigenvalue weighted by Gasteiger charge is -2.34. The zero-order valence-electron chi connectivity index (χ0n) is 19.2. The van der Waals surface area contributed by atoms with Gasteiger partial charge in [0.1, 0.15) is 18.7 Å². The van der Waals surface area contributed by atoms with Crippen LogP contribution in [-0.4, -0.2) is 65.2 Å². The van der Waals surface area contributed by atoms with Crippen molar-refractivity contribution in [2.24, 2.45) is 5.92 Å². The van der Waals surface area contributed by atoms with Crippen LogP contribution in [0.5, 0.6) is 0 Å². The summed E-state index contributed by atoms with van der Waals surface area (Å²) in [5.74, 6) is -1.62. The third-order valence-electron chi connectivity index (χ3n) is 6.75. The quantitative estimate of drug-likeness (QED) is 0.720. The Morgan fingerprint density at radius 2 is 1.64 bits per heavy atom. The summed E-state index contributed by atoms with van der Waals surface area (Å²) in [6, 6.07) is 14.6. The number of benzene rings is 2. The first-order chi connectivity index (χ1) is 15.8. The van der Waals surface area contributed by atoms with Crippen LogP contribution in [0.4, 0.5) is 4.79 Å². The lowest BCUT2D eigenvalue weighted by Crippen LogP contribution is -2.54. The monoisotopic (exact) mass is 450 g/mol. The van der Waals surface area contributed by atoms with E-state index in [1.54, 1.807) is 7.05 Å². The van der Waals surface area contributed by atoms with E-state index < -0.39 is 24.1 Å². The van der Waals surface area contributed by atoms with E-state index in [4.69, 9.17) is 4.74 Å². The van der Waals surface area contributed by atoms with Crippen molar-refractivity contribution in [3.05, 3.63) is 59.7 Å². The molecule has 4 rings (SSSR count). The van der Waals surface area contributed by atoms with E-state index in [-0.39, 0.29) is 24.3 Å². The Morgan fingerprint density at radius 3 is 2.18 bits per heavy atom. The maximum atomic E-state index is 13.2. The number of carbonyl (C=O) groups is 3. The number of hydrogen-bond acceptors (Lipinski definition) is 4. The number of nitrogens with zero attached hydrogens (tertiary/aromatic N) is 2. The number of hydrogen-bond donors (Lipinski definition) is 1. The molecule has 1 aliphatic carbocycles. The summed E-state index contributed by atoms with van der Waals surface area (Å²) in [4.78, 5) is 40.5. The predicted octanol–water partition coefficient (Wildman–Crippen LogP) is 3.97. The number of amides is 2. The Balaban J connectivity index is 1.49. The number of likely N-dealkylation sites (N-methyl/N-ethyl adjacent to an activating group) is 1. The minimum atomic E-state index is -1.01. The lowest BCUT2D eigenvalue weighted by atomic mass is 9.98. The Bertz CT molecular complexity index is 1020. The predicted molar refractivity (Wildman–Crippen MR) is 124 cm³/mol. The van der Waals surface area contributed by atoms with Crippen molar-refractivity contribution in [1.82, 2.24) is 9.80 Å². The number of likely N-dealkylation sites (tertiary alicyclic amines) is 1. The summed E-state index contributed by atoms with van der Waals surface area (Å²) in [5, 5.41) is 9.47. The molecule has 0 spiro atoms. The Morgan fingerprint density at radius 1 is 1.06 bits per heavy atom. The maximum absolute atomic E-state index is 13.2. The van der Waals surface area contributed by atoms with Crippen LogP contribution in [-0.2, 0) is 14.3 Å². The summed E-state index contributed by atoms with van der Waals surface area (Å²) in [6.45, 7) is 4.25. The summed E-state index contributed by atoms with van der Waals surface area (Å²) in [7, 11) is 1.55. The molecule has 174 valence electrons. The van der Waals surface area contributed by atoms with Gasteiger partial charge in [-0.15, -0.1) is 0 Å². The smallest absolute Gasteiger partial charge is 0.410 e. The first-order valence-electron chi connectivity index (χ1n) is 11.4. The van der Waals surface area contributed by atoms with Gasteiger partial charge >= 0.3 is 12.1 Å². The summed E-state index contributed by atoms with van der Waals surface area (Å²) < 4.78 is 5.72. The Hall–Kier alpha value is -3.35. The summed E-state index contributed by atoms with van der Waals surface area (Å²) in [5.41, 5.74) is 4.52. The minimum Gasteiger partial charge on any atom is -0.480 e. The normalized spacial score (nSPS) is 18.1. The largest absolute Gasteiger partial charge is 0.480 e. The zero-order valence-corrected chi connectivity index (χ0v) is 19.2. The van der Waals surface area contributed by atoms with Crippen LogP contribution in [0.3, 0.4) is 0 Å². The highest BCUT2D eigenvalue weighted by Crippen LogP contribution is 2.44. The Kier molecular flexibility index (Phi) is 6.40. The van der Waals surface area contributed by atoms with Gasteiger partial charge in [-0.2, -0.15) is 0 Å². The van der Waals surface area contributed by atoms with Crippen molar-refractivity contribution >= 4 is 18.0 Å². The van der Waals surface area contributed by atoms with Gasteiger partial charge < -0.3 is 14.7 Å². The number of carbonyl (C=O) groups excluding carboxylic acids is 2. The second-order valence-electron chi connectivity index (χ2n) is 9.13. The third kappa shape index (κ3) is 4.19. The molecule has 2 aromatic carbocycles. The van der Waals surface area contributed by atoms with Gasteiger partial charge in [-0.25, -0.2) is 9.59 Å². The highest BCUT2D eigenvalue weighted by molar-refractivity contribution is 5.90. The molecule has 1 aliphatic heterocycles. The van der Waals surface area contributed by atoms with Crippen molar-refractivity contribution in [3.8, 4) is 11.1 Å². The van der Waals surface area contributed by atoms with Crippen LogP contribution >= 0.6 is 0 Å². The first-order valence-corrected chi connectivity index (χ1v) is 11.4.